The third-order valence-corrected chi connectivity index (χ3v) is 3.43. The fraction of sp³-hybridized carbons (Fsp3) is 0.133. The van der Waals surface area contributed by atoms with Crippen LogP contribution in [0.5, 0.6) is 0 Å². The molecule has 1 heterocycles. The van der Waals surface area contributed by atoms with E-state index >= 15 is 0 Å². The van der Waals surface area contributed by atoms with Crippen LogP contribution in [0.2, 0.25) is 5.02 Å². The predicted octanol–water partition coefficient (Wildman–Crippen LogP) is 3.72. The Hall–Kier alpha value is -1.87. The van der Waals surface area contributed by atoms with Crippen LogP contribution in [0.1, 0.15) is 11.1 Å². The highest BCUT2D eigenvalue weighted by atomic mass is 35.5. The smallest absolute Gasteiger partial charge is 0.132 e. The summed E-state index contributed by atoms with van der Waals surface area (Å²) in [5.74, 6) is -0.267. The van der Waals surface area contributed by atoms with Crippen LogP contribution in [-0.2, 0) is 0 Å². The summed E-state index contributed by atoms with van der Waals surface area (Å²) in [6.45, 7) is 0.512. The second-order valence-corrected chi connectivity index (χ2v) is 4.92. The molecule has 2 aromatic rings. The molecule has 2 aromatic carbocycles. The van der Waals surface area contributed by atoms with Crippen molar-refractivity contribution in [3.63, 3.8) is 0 Å². The van der Waals surface area contributed by atoms with Gasteiger partial charge in [-0.25, -0.2) is 4.39 Å². The van der Waals surface area contributed by atoms with Gasteiger partial charge in [0, 0.05) is 28.9 Å². The Kier molecular flexibility index (Phi) is 2.99. The summed E-state index contributed by atoms with van der Waals surface area (Å²) in [4.78, 5) is 6.48. The molecule has 0 amide bonds. The maximum absolute atomic E-state index is 13.9. The van der Waals surface area contributed by atoms with E-state index in [9.17, 15) is 4.39 Å². The van der Waals surface area contributed by atoms with E-state index in [2.05, 4.69) is 4.99 Å². The number of benzene rings is 2. The summed E-state index contributed by atoms with van der Waals surface area (Å²) in [6.07, 6.45) is 0. The third-order valence-electron chi connectivity index (χ3n) is 3.19. The summed E-state index contributed by atoms with van der Waals surface area (Å²) < 4.78 is 13.9. The van der Waals surface area contributed by atoms with E-state index in [4.69, 9.17) is 11.6 Å². The number of halogens is 2. The van der Waals surface area contributed by atoms with Gasteiger partial charge in [0.15, 0.2) is 0 Å². The van der Waals surface area contributed by atoms with Crippen LogP contribution < -0.4 is 4.90 Å². The molecule has 0 saturated carbocycles. The summed E-state index contributed by atoms with van der Waals surface area (Å²) >= 11 is 6.05. The SMILES string of the molecule is CN1CN=C(c2ccccc2F)c2cc(Cl)ccc21. The zero-order valence-electron chi connectivity index (χ0n) is 10.4. The molecular weight excluding hydrogens is 263 g/mol. The lowest BCUT2D eigenvalue weighted by Gasteiger charge is -2.26. The van der Waals surface area contributed by atoms with Crippen LogP contribution in [0.4, 0.5) is 10.1 Å². The van der Waals surface area contributed by atoms with E-state index in [-0.39, 0.29) is 5.82 Å². The molecule has 0 aliphatic carbocycles. The molecule has 0 fully saturated rings. The Morgan fingerprint density at radius 1 is 1.16 bits per heavy atom. The largest absolute Gasteiger partial charge is 0.355 e. The van der Waals surface area contributed by atoms with Crippen molar-refractivity contribution in [2.24, 2.45) is 4.99 Å². The van der Waals surface area contributed by atoms with Crippen molar-refractivity contribution in [2.45, 2.75) is 0 Å². The first-order chi connectivity index (χ1) is 9.16. The van der Waals surface area contributed by atoms with Gasteiger partial charge in [0.25, 0.3) is 0 Å². The number of nitrogens with zero attached hydrogens (tertiary/aromatic N) is 2. The van der Waals surface area contributed by atoms with Crippen molar-refractivity contribution in [3.05, 3.63) is 64.4 Å². The monoisotopic (exact) mass is 274 g/mol. The van der Waals surface area contributed by atoms with Crippen LogP contribution in [0, 0.1) is 5.82 Å². The highest BCUT2D eigenvalue weighted by molar-refractivity contribution is 6.31. The molecule has 1 aliphatic heterocycles. The van der Waals surface area contributed by atoms with Crippen molar-refractivity contribution in [2.75, 3.05) is 18.6 Å². The summed E-state index contributed by atoms with van der Waals surface area (Å²) in [5.41, 5.74) is 3.05. The first-order valence-corrected chi connectivity index (χ1v) is 6.35. The highest BCUT2D eigenvalue weighted by Crippen LogP contribution is 2.30. The number of hydrogen-bond donors (Lipinski definition) is 0. The van der Waals surface area contributed by atoms with Crippen LogP contribution in [0.15, 0.2) is 47.5 Å². The molecule has 0 spiro atoms. The van der Waals surface area contributed by atoms with E-state index in [0.717, 1.165) is 11.3 Å². The van der Waals surface area contributed by atoms with Crippen LogP contribution in [-0.4, -0.2) is 19.4 Å². The number of rotatable bonds is 1. The van der Waals surface area contributed by atoms with Crippen molar-refractivity contribution >= 4 is 23.0 Å². The molecule has 1 aliphatic rings. The topological polar surface area (TPSA) is 15.6 Å². The fourth-order valence-corrected chi connectivity index (χ4v) is 2.42. The van der Waals surface area contributed by atoms with Gasteiger partial charge in [-0.15, -0.1) is 0 Å². The lowest BCUT2D eigenvalue weighted by Crippen LogP contribution is -2.26. The lowest BCUT2D eigenvalue weighted by molar-refractivity contribution is 0.625. The van der Waals surface area contributed by atoms with Gasteiger partial charge in [-0.3, -0.25) is 4.99 Å². The Morgan fingerprint density at radius 3 is 2.74 bits per heavy atom. The van der Waals surface area contributed by atoms with Crippen molar-refractivity contribution in [1.29, 1.82) is 0 Å². The zero-order chi connectivity index (χ0) is 13.4. The van der Waals surface area contributed by atoms with Gasteiger partial charge in [-0.05, 0) is 30.3 Å². The van der Waals surface area contributed by atoms with Crippen molar-refractivity contribution < 1.29 is 4.39 Å². The number of hydrogen-bond acceptors (Lipinski definition) is 2. The standard InChI is InChI=1S/C15H12ClFN2/c1-19-9-18-15(11-4-2-3-5-13(11)17)12-8-10(16)6-7-14(12)19/h2-8H,9H2,1H3. The molecule has 0 radical (unpaired) electrons. The Morgan fingerprint density at radius 2 is 1.95 bits per heavy atom. The lowest BCUT2D eigenvalue weighted by atomic mass is 9.98. The normalized spacial score (nSPS) is 14.1. The molecule has 0 saturated heterocycles. The van der Waals surface area contributed by atoms with Gasteiger partial charge in [-0.1, -0.05) is 23.7 Å². The van der Waals surface area contributed by atoms with E-state index in [1.54, 1.807) is 12.1 Å². The molecule has 0 aromatic heterocycles. The Labute approximate surface area is 116 Å². The second-order valence-electron chi connectivity index (χ2n) is 4.49. The quantitative estimate of drug-likeness (QED) is 0.774. The second kappa shape index (κ2) is 4.67. The van der Waals surface area contributed by atoms with Crippen molar-refractivity contribution in [3.8, 4) is 0 Å². The van der Waals surface area contributed by atoms with Crippen LogP contribution >= 0.6 is 11.6 Å². The zero-order valence-corrected chi connectivity index (χ0v) is 11.2. The average Bonchev–Trinajstić information content (AvgIpc) is 2.40. The maximum Gasteiger partial charge on any atom is 0.132 e. The minimum absolute atomic E-state index is 0.267. The highest BCUT2D eigenvalue weighted by Gasteiger charge is 2.21. The van der Waals surface area contributed by atoms with Crippen LogP contribution in [0.3, 0.4) is 0 Å². The average molecular weight is 275 g/mol. The molecule has 0 unspecified atom stereocenters. The Balaban J connectivity index is 2.20. The maximum atomic E-state index is 13.9. The summed E-state index contributed by atoms with van der Waals surface area (Å²) in [7, 11) is 1.95. The minimum Gasteiger partial charge on any atom is -0.355 e. The summed E-state index contributed by atoms with van der Waals surface area (Å²) in [6, 6.07) is 12.3. The number of anilines is 1. The van der Waals surface area contributed by atoms with Crippen LogP contribution in [0.25, 0.3) is 0 Å². The molecular formula is C15H12ClFN2. The van der Waals surface area contributed by atoms with E-state index in [1.807, 2.05) is 36.2 Å². The van der Waals surface area contributed by atoms with E-state index < -0.39 is 0 Å². The third kappa shape index (κ3) is 2.10. The fourth-order valence-electron chi connectivity index (χ4n) is 2.25. The van der Waals surface area contributed by atoms with Gasteiger partial charge in [-0.2, -0.15) is 0 Å². The Bertz CT molecular complexity index is 667. The minimum atomic E-state index is -0.267. The predicted molar refractivity (Wildman–Crippen MR) is 76.8 cm³/mol. The number of fused-ring (bicyclic) bond motifs is 1. The van der Waals surface area contributed by atoms with Gasteiger partial charge in [0.2, 0.25) is 0 Å². The molecule has 2 nitrogen and oxygen atoms in total. The first-order valence-electron chi connectivity index (χ1n) is 5.97. The van der Waals surface area contributed by atoms with Gasteiger partial charge in [0.1, 0.15) is 12.5 Å². The molecule has 4 heteroatoms. The molecule has 0 atom stereocenters. The van der Waals surface area contributed by atoms with Gasteiger partial charge in [0.05, 0.1) is 5.71 Å². The van der Waals surface area contributed by atoms with Gasteiger partial charge >= 0.3 is 0 Å². The van der Waals surface area contributed by atoms with E-state index in [0.29, 0.717) is 23.0 Å². The molecule has 0 N–H and O–H groups in total. The first kappa shape index (κ1) is 12.2. The molecule has 19 heavy (non-hydrogen) atoms. The summed E-state index contributed by atoms with van der Waals surface area (Å²) in [5, 5.41) is 0.623. The molecule has 3 rings (SSSR count). The molecule has 0 bridgehead atoms. The molecule has 96 valence electrons. The van der Waals surface area contributed by atoms with Gasteiger partial charge < -0.3 is 4.90 Å². The van der Waals surface area contributed by atoms with E-state index in [1.165, 1.54) is 6.07 Å². The van der Waals surface area contributed by atoms with Crippen molar-refractivity contribution in [1.82, 2.24) is 0 Å². The number of aliphatic imine (C=N–C) groups is 1.